The summed E-state index contributed by atoms with van der Waals surface area (Å²) in [5.74, 6) is -1.11. The number of para-hydroxylation sites is 2. The first-order valence-electron chi connectivity index (χ1n) is 10.8. The standard InChI is InChI=1S/C27H25N3O3/c1-18-12-14-21(16-19(18)2)28-25(31)17-24-27(33)29-22-10-6-7-11-23(22)30(24)26(32)15-13-20-8-4-3-5-9-20/h3-16,24H,17H2,1-2H3,(H,28,31)(H,29,33)/b15-13+/t24-/m1/s1. The second-order valence-corrected chi connectivity index (χ2v) is 8.03. The molecule has 1 atom stereocenters. The molecule has 4 rings (SSSR count). The molecule has 6 nitrogen and oxygen atoms in total. The average Bonchev–Trinajstić information content (AvgIpc) is 2.81. The van der Waals surface area contributed by atoms with Gasteiger partial charge in [-0.1, -0.05) is 48.5 Å². The molecule has 0 saturated carbocycles. The summed E-state index contributed by atoms with van der Waals surface area (Å²) in [5.41, 5.74) is 4.79. The maximum atomic E-state index is 13.2. The Morgan fingerprint density at radius 3 is 2.45 bits per heavy atom. The number of aryl methyl sites for hydroxylation is 2. The summed E-state index contributed by atoms with van der Waals surface area (Å²) in [7, 11) is 0. The van der Waals surface area contributed by atoms with Crippen LogP contribution in [0.3, 0.4) is 0 Å². The number of benzene rings is 3. The van der Waals surface area contributed by atoms with Crippen LogP contribution in [0.4, 0.5) is 17.1 Å². The van der Waals surface area contributed by atoms with Crippen molar-refractivity contribution in [1.29, 1.82) is 0 Å². The number of nitrogens with zero attached hydrogens (tertiary/aromatic N) is 1. The van der Waals surface area contributed by atoms with E-state index in [2.05, 4.69) is 10.6 Å². The topological polar surface area (TPSA) is 78.5 Å². The molecule has 3 amide bonds. The highest BCUT2D eigenvalue weighted by atomic mass is 16.2. The van der Waals surface area contributed by atoms with Gasteiger partial charge in [0.25, 0.3) is 5.91 Å². The minimum absolute atomic E-state index is 0.169. The highest BCUT2D eigenvalue weighted by Crippen LogP contribution is 2.33. The Morgan fingerprint density at radius 1 is 0.970 bits per heavy atom. The molecule has 0 bridgehead atoms. The van der Waals surface area contributed by atoms with Crippen LogP contribution in [0.25, 0.3) is 6.08 Å². The van der Waals surface area contributed by atoms with Crippen molar-refractivity contribution in [2.24, 2.45) is 0 Å². The Kier molecular flexibility index (Phi) is 6.36. The third kappa shape index (κ3) is 5.01. The number of fused-ring (bicyclic) bond motifs is 1. The minimum atomic E-state index is -0.973. The smallest absolute Gasteiger partial charge is 0.251 e. The monoisotopic (exact) mass is 439 g/mol. The van der Waals surface area contributed by atoms with Gasteiger partial charge in [-0.3, -0.25) is 19.3 Å². The van der Waals surface area contributed by atoms with E-state index in [9.17, 15) is 14.4 Å². The summed E-state index contributed by atoms with van der Waals surface area (Å²) in [6.07, 6.45) is 2.96. The van der Waals surface area contributed by atoms with Crippen LogP contribution in [-0.2, 0) is 14.4 Å². The number of rotatable bonds is 5. The lowest BCUT2D eigenvalue weighted by Gasteiger charge is -2.35. The van der Waals surface area contributed by atoms with E-state index in [0.29, 0.717) is 17.1 Å². The predicted octanol–water partition coefficient (Wildman–Crippen LogP) is 4.70. The number of amides is 3. The summed E-state index contributed by atoms with van der Waals surface area (Å²) in [6.45, 7) is 3.97. The van der Waals surface area contributed by atoms with Gasteiger partial charge in [0.15, 0.2) is 0 Å². The number of hydrogen-bond acceptors (Lipinski definition) is 3. The number of carbonyl (C=O) groups excluding carboxylic acids is 3. The fraction of sp³-hybridized carbons (Fsp3) is 0.148. The summed E-state index contributed by atoms with van der Waals surface area (Å²) in [6, 6.07) is 21.2. The van der Waals surface area contributed by atoms with Gasteiger partial charge in [-0.15, -0.1) is 0 Å². The van der Waals surface area contributed by atoms with Crippen molar-refractivity contribution in [3.63, 3.8) is 0 Å². The Morgan fingerprint density at radius 2 is 1.70 bits per heavy atom. The van der Waals surface area contributed by atoms with E-state index < -0.39 is 11.9 Å². The second-order valence-electron chi connectivity index (χ2n) is 8.03. The predicted molar refractivity (Wildman–Crippen MR) is 131 cm³/mol. The molecule has 0 aliphatic carbocycles. The first-order valence-corrected chi connectivity index (χ1v) is 10.8. The summed E-state index contributed by atoms with van der Waals surface area (Å²) in [5, 5.41) is 5.66. The van der Waals surface area contributed by atoms with Crippen LogP contribution >= 0.6 is 0 Å². The van der Waals surface area contributed by atoms with Gasteiger partial charge in [-0.25, -0.2) is 0 Å². The first-order chi connectivity index (χ1) is 15.9. The van der Waals surface area contributed by atoms with Gasteiger partial charge in [-0.05, 0) is 60.9 Å². The molecule has 6 heteroatoms. The van der Waals surface area contributed by atoms with Crippen molar-refractivity contribution in [3.05, 3.63) is 95.6 Å². The maximum Gasteiger partial charge on any atom is 0.251 e. The van der Waals surface area contributed by atoms with Gasteiger partial charge in [0.05, 0.1) is 17.8 Å². The first kappa shape index (κ1) is 22.0. The van der Waals surface area contributed by atoms with Crippen LogP contribution < -0.4 is 15.5 Å². The molecule has 0 unspecified atom stereocenters. The molecule has 3 aromatic rings. The van der Waals surface area contributed by atoms with Crippen molar-refractivity contribution in [3.8, 4) is 0 Å². The fourth-order valence-corrected chi connectivity index (χ4v) is 3.77. The van der Waals surface area contributed by atoms with Crippen LogP contribution in [-0.4, -0.2) is 23.8 Å². The van der Waals surface area contributed by atoms with Crippen molar-refractivity contribution < 1.29 is 14.4 Å². The van der Waals surface area contributed by atoms with E-state index in [4.69, 9.17) is 0 Å². The largest absolute Gasteiger partial charge is 0.326 e. The summed E-state index contributed by atoms with van der Waals surface area (Å²) >= 11 is 0. The van der Waals surface area contributed by atoms with Crippen molar-refractivity contribution >= 4 is 40.9 Å². The van der Waals surface area contributed by atoms with Crippen LogP contribution in [0.2, 0.25) is 0 Å². The van der Waals surface area contributed by atoms with E-state index in [1.807, 2.05) is 62.4 Å². The third-order valence-electron chi connectivity index (χ3n) is 5.66. The Balaban J connectivity index is 1.59. The van der Waals surface area contributed by atoms with Gasteiger partial charge in [-0.2, -0.15) is 0 Å². The SMILES string of the molecule is Cc1ccc(NC(=O)C[C@@H]2C(=O)Nc3ccccc3N2C(=O)/C=C/c2ccccc2)cc1C. The molecule has 0 aromatic heterocycles. The van der Waals surface area contributed by atoms with Gasteiger partial charge < -0.3 is 10.6 Å². The van der Waals surface area contributed by atoms with Crippen LogP contribution in [0, 0.1) is 13.8 Å². The van der Waals surface area contributed by atoms with Crippen molar-refractivity contribution in [2.45, 2.75) is 26.3 Å². The van der Waals surface area contributed by atoms with E-state index in [-0.39, 0.29) is 18.2 Å². The summed E-state index contributed by atoms with van der Waals surface area (Å²) < 4.78 is 0. The van der Waals surface area contributed by atoms with E-state index in [1.54, 1.807) is 30.3 Å². The Bertz CT molecular complexity index is 1230. The zero-order valence-electron chi connectivity index (χ0n) is 18.5. The molecule has 33 heavy (non-hydrogen) atoms. The average molecular weight is 440 g/mol. The lowest BCUT2D eigenvalue weighted by Crippen LogP contribution is -2.52. The number of carbonyl (C=O) groups is 3. The van der Waals surface area contributed by atoms with Gasteiger partial charge >= 0.3 is 0 Å². The summed E-state index contributed by atoms with van der Waals surface area (Å²) in [4.78, 5) is 40.4. The zero-order chi connectivity index (χ0) is 23.4. The molecule has 166 valence electrons. The fourth-order valence-electron chi connectivity index (χ4n) is 3.77. The molecular weight excluding hydrogens is 414 g/mol. The Labute approximate surface area is 192 Å². The highest BCUT2D eigenvalue weighted by molar-refractivity contribution is 6.16. The van der Waals surface area contributed by atoms with E-state index >= 15 is 0 Å². The molecule has 0 saturated heterocycles. The maximum absolute atomic E-state index is 13.2. The number of anilines is 3. The van der Waals surface area contributed by atoms with Crippen molar-refractivity contribution in [2.75, 3.05) is 15.5 Å². The lowest BCUT2D eigenvalue weighted by molar-refractivity contribution is -0.124. The van der Waals surface area contributed by atoms with E-state index in [0.717, 1.165) is 16.7 Å². The molecule has 3 aromatic carbocycles. The normalized spacial score (nSPS) is 15.2. The third-order valence-corrected chi connectivity index (χ3v) is 5.66. The lowest BCUT2D eigenvalue weighted by atomic mass is 10.0. The molecule has 1 aliphatic rings. The van der Waals surface area contributed by atoms with Crippen LogP contribution in [0.5, 0.6) is 0 Å². The number of hydrogen-bond donors (Lipinski definition) is 2. The second kappa shape index (κ2) is 9.53. The molecule has 1 aliphatic heterocycles. The van der Waals surface area contributed by atoms with Crippen LogP contribution in [0.15, 0.2) is 78.9 Å². The minimum Gasteiger partial charge on any atom is -0.326 e. The highest BCUT2D eigenvalue weighted by Gasteiger charge is 2.37. The molecule has 2 N–H and O–H groups in total. The molecule has 0 fully saturated rings. The quantitative estimate of drug-likeness (QED) is 0.566. The van der Waals surface area contributed by atoms with Gasteiger partial charge in [0, 0.05) is 11.8 Å². The van der Waals surface area contributed by atoms with Gasteiger partial charge in [0.2, 0.25) is 11.8 Å². The van der Waals surface area contributed by atoms with E-state index in [1.165, 1.54) is 11.0 Å². The molecule has 0 radical (unpaired) electrons. The number of nitrogens with one attached hydrogen (secondary N) is 2. The zero-order valence-corrected chi connectivity index (χ0v) is 18.5. The van der Waals surface area contributed by atoms with Crippen LogP contribution in [0.1, 0.15) is 23.1 Å². The van der Waals surface area contributed by atoms with Crippen molar-refractivity contribution in [1.82, 2.24) is 0 Å². The van der Waals surface area contributed by atoms with Gasteiger partial charge in [0.1, 0.15) is 6.04 Å². The molecule has 1 heterocycles. The molecular formula is C27H25N3O3. The Hall–Kier alpha value is -4.19. The molecule has 0 spiro atoms.